The molecule has 0 N–H and O–H groups in total. The number of nitrogens with zero attached hydrogens (tertiary/aromatic N) is 3. The molecule has 2 heterocycles. The number of halogens is 1. The summed E-state index contributed by atoms with van der Waals surface area (Å²) in [6, 6.07) is 20.5. The van der Waals surface area contributed by atoms with Gasteiger partial charge in [0.05, 0.1) is 10.6 Å². The van der Waals surface area contributed by atoms with Crippen molar-refractivity contribution in [2.24, 2.45) is 0 Å². The maximum atomic E-state index is 14.1. The zero-order chi connectivity index (χ0) is 25.4. The highest BCUT2D eigenvalue weighted by molar-refractivity contribution is 8.04. The van der Waals surface area contributed by atoms with Gasteiger partial charge in [-0.3, -0.25) is 9.59 Å². The Morgan fingerprint density at radius 3 is 2.53 bits per heavy atom. The number of carbonyl (C=O) groups is 2. The van der Waals surface area contributed by atoms with Gasteiger partial charge in [0.25, 0.3) is 11.8 Å². The molecule has 0 radical (unpaired) electrons. The van der Waals surface area contributed by atoms with Crippen molar-refractivity contribution in [3.05, 3.63) is 94.1 Å². The van der Waals surface area contributed by atoms with Gasteiger partial charge in [0, 0.05) is 54.4 Å². The molecule has 0 saturated carbocycles. The third-order valence-corrected chi connectivity index (χ3v) is 7.85. The minimum Gasteiger partial charge on any atom is -0.365 e. The van der Waals surface area contributed by atoms with E-state index < -0.39 is 0 Å². The molecule has 0 aromatic heterocycles. The normalized spacial score (nSPS) is 19.0. The number of fused-ring (bicyclic) bond motifs is 1. The molecule has 5 nitrogen and oxygen atoms in total. The molecule has 5 rings (SSSR count). The van der Waals surface area contributed by atoms with Crippen LogP contribution in [0.3, 0.4) is 0 Å². The fourth-order valence-corrected chi connectivity index (χ4v) is 5.79. The largest absolute Gasteiger partial charge is 0.365 e. The van der Waals surface area contributed by atoms with Crippen molar-refractivity contribution >= 4 is 41.0 Å². The molecule has 184 valence electrons. The Morgan fingerprint density at radius 2 is 1.81 bits per heavy atom. The van der Waals surface area contributed by atoms with Gasteiger partial charge in [-0.15, -0.1) is 0 Å². The highest BCUT2D eigenvalue weighted by Gasteiger charge is 2.30. The summed E-state index contributed by atoms with van der Waals surface area (Å²) in [6.07, 6.45) is 1.58. The first kappa shape index (κ1) is 24.1. The standard InChI is InChI=1S/C29H28FN3O2S/c1-19-8-11-23(12-9-19)33-15-14-32(18-20(33)2)28(34)22-10-13-26-25(16-22)31(3)29(35)27(36-26)17-21-6-4-5-7-24(21)30/h4-13,16-17,20H,14-15,18H2,1-3H3/b27-17-/t20-/m1/s1. The van der Waals surface area contributed by atoms with Crippen LogP contribution in [0.2, 0.25) is 0 Å². The number of rotatable bonds is 3. The number of aryl methyl sites for hydroxylation is 1. The van der Waals surface area contributed by atoms with Gasteiger partial charge < -0.3 is 14.7 Å². The average molecular weight is 502 g/mol. The van der Waals surface area contributed by atoms with E-state index in [1.54, 1.807) is 37.4 Å². The zero-order valence-corrected chi connectivity index (χ0v) is 21.4. The van der Waals surface area contributed by atoms with Gasteiger partial charge in [-0.1, -0.05) is 47.7 Å². The number of likely N-dealkylation sites (N-methyl/N-ethyl adjacent to an activating group) is 1. The van der Waals surface area contributed by atoms with Crippen LogP contribution in [0.25, 0.3) is 6.08 Å². The molecule has 3 aromatic carbocycles. The summed E-state index contributed by atoms with van der Waals surface area (Å²) in [5.74, 6) is -0.628. The van der Waals surface area contributed by atoms with Crippen LogP contribution >= 0.6 is 11.8 Å². The quantitative estimate of drug-likeness (QED) is 0.439. The van der Waals surface area contributed by atoms with Crippen LogP contribution in [-0.4, -0.2) is 49.4 Å². The number of thioether (sulfide) groups is 1. The smallest absolute Gasteiger partial charge is 0.264 e. The van der Waals surface area contributed by atoms with E-state index in [0.29, 0.717) is 34.8 Å². The topological polar surface area (TPSA) is 43.9 Å². The lowest BCUT2D eigenvalue weighted by Crippen LogP contribution is -2.53. The average Bonchev–Trinajstić information content (AvgIpc) is 2.88. The number of anilines is 2. The Hall–Kier alpha value is -3.58. The van der Waals surface area contributed by atoms with E-state index in [4.69, 9.17) is 0 Å². The minimum absolute atomic E-state index is 0.0354. The molecule has 36 heavy (non-hydrogen) atoms. The van der Waals surface area contributed by atoms with Crippen LogP contribution < -0.4 is 9.80 Å². The van der Waals surface area contributed by atoms with Crippen LogP contribution in [0.4, 0.5) is 15.8 Å². The summed E-state index contributed by atoms with van der Waals surface area (Å²) in [5.41, 5.74) is 4.02. The first-order valence-corrected chi connectivity index (χ1v) is 12.8. The number of hydrogen-bond donors (Lipinski definition) is 0. The molecule has 2 aliphatic heterocycles. The fraction of sp³-hybridized carbons (Fsp3) is 0.241. The summed E-state index contributed by atoms with van der Waals surface area (Å²) in [7, 11) is 1.69. The Balaban J connectivity index is 1.33. The number of piperazine rings is 1. The molecule has 2 aliphatic rings. The van der Waals surface area contributed by atoms with Crippen LogP contribution in [0.15, 0.2) is 76.5 Å². The summed E-state index contributed by atoms with van der Waals surface area (Å²) >= 11 is 1.30. The lowest BCUT2D eigenvalue weighted by molar-refractivity contribution is -0.114. The van der Waals surface area contributed by atoms with Gasteiger partial charge in [0.1, 0.15) is 5.82 Å². The molecule has 1 saturated heterocycles. The maximum Gasteiger partial charge on any atom is 0.264 e. The first-order valence-electron chi connectivity index (χ1n) is 12.0. The van der Waals surface area contributed by atoms with Gasteiger partial charge >= 0.3 is 0 Å². The highest BCUT2D eigenvalue weighted by atomic mass is 32.2. The molecule has 2 amide bonds. The molecular formula is C29H28FN3O2S. The summed E-state index contributed by atoms with van der Waals surface area (Å²) in [4.78, 5) is 33.5. The molecule has 3 aromatic rings. The monoisotopic (exact) mass is 501 g/mol. The summed E-state index contributed by atoms with van der Waals surface area (Å²) < 4.78 is 14.1. The first-order chi connectivity index (χ1) is 17.3. The van der Waals surface area contributed by atoms with Crippen molar-refractivity contribution in [2.45, 2.75) is 24.8 Å². The van der Waals surface area contributed by atoms with Gasteiger partial charge in [-0.2, -0.15) is 0 Å². The maximum absolute atomic E-state index is 14.1. The second kappa shape index (κ2) is 9.82. The van der Waals surface area contributed by atoms with E-state index in [-0.39, 0.29) is 23.7 Å². The minimum atomic E-state index is -0.371. The van der Waals surface area contributed by atoms with E-state index in [2.05, 4.69) is 43.0 Å². The predicted molar refractivity (Wildman–Crippen MR) is 144 cm³/mol. The van der Waals surface area contributed by atoms with E-state index in [1.807, 2.05) is 17.0 Å². The van der Waals surface area contributed by atoms with E-state index in [1.165, 1.54) is 34.0 Å². The fourth-order valence-electron chi connectivity index (χ4n) is 4.70. The number of amides is 2. The molecular weight excluding hydrogens is 473 g/mol. The number of hydrogen-bond acceptors (Lipinski definition) is 4. The second-order valence-electron chi connectivity index (χ2n) is 9.31. The third kappa shape index (κ3) is 4.63. The molecule has 7 heteroatoms. The predicted octanol–water partition coefficient (Wildman–Crippen LogP) is 5.59. The summed E-state index contributed by atoms with van der Waals surface area (Å²) in [5, 5.41) is 0. The van der Waals surface area contributed by atoms with Crippen molar-refractivity contribution in [3.8, 4) is 0 Å². The third-order valence-electron chi connectivity index (χ3n) is 6.77. The number of carbonyl (C=O) groups excluding carboxylic acids is 2. The van der Waals surface area contributed by atoms with Gasteiger partial charge in [-0.25, -0.2) is 4.39 Å². The van der Waals surface area contributed by atoms with Gasteiger partial charge in [0.2, 0.25) is 0 Å². The Kier molecular flexibility index (Phi) is 6.58. The second-order valence-corrected chi connectivity index (χ2v) is 10.4. The number of benzene rings is 3. The van der Waals surface area contributed by atoms with Crippen molar-refractivity contribution in [3.63, 3.8) is 0 Å². The summed E-state index contributed by atoms with van der Waals surface area (Å²) in [6.45, 7) is 6.24. The van der Waals surface area contributed by atoms with Crippen molar-refractivity contribution in [1.29, 1.82) is 0 Å². The Bertz CT molecular complexity index is 1350. The molecule has 0 spiro atoms. The molecule has 1 fully saturated rings. The van der Waals surface area contributed by atoms with Crippen LogP contribution in [0.1, 0.15) is 28.4 Å². The Morgan fingerprint density at radius 1 is 1.06 bits per heavy atom. The highest BCUT2D eigenvalue weighted by Crippen LogP contribution is 2.42. The lowest BCUT2D eigenvalue weighted by Gasteiger charge is -2.41. The van der Waals surface area contributed by atoms with Crippen LogP contribution in [0.5, 0.6) is 0 Å². The van der Waals surface area contributed by atoms with E-state index in [0.717, 1.165) is 11.4 Å². The van der Waals surface area contributed by atoms with Crippen molar-refractivity contribution < 1.29 is 14.0 Å². The lowest BCUT2D eigenvalue weighted by atomic mass is 10.1. The van der Waals surface area contributed by atoms with Gasteiger partial charge in [0.15, 0.2) is 0 Å². The SMILES string of the molecule is Cc1ccc(N2CCN(C(=O)c3ccc4c(c3)N(C)C(=O)/C(=C/c3ccccc3F)S4)C[C@H]2C)cc1. The Labute approximate surface area is 215 Å². The molecule has 0 aliphatic carbocycles. The molecule has 0 unspecified atom stereocenters. The molecule has 0 bridgehead atoms. The van der Waals surface area contributed by atoms with Gasteiger partial charge in [-0.05, 0) is 56.3 Å². The molecule has 1 atom stereocenters. The van der Waals surface area contributed by atoms with Crippen molar-refractivity contribution in [2.75, 3.05) is 36.5 Å². The zero-order valence-electron chi connectivity index (χ0n) is 20.6. The van der Waals surface area contributed by atoms with E-state index in [9.17, 15) is 14.0 Å². The van der Waals surface area contributed by atoms with Crippen LogP contribution in [0, 0.1) is 12.7 Å². The van der Waals surface area contributed by atoms with Crippen LogP contribution in [-0.2, 0) is 4.79 Å². The van der Waals surface area contributed by atoms with E-state index >= 15 is 0 Å². The van der Waals surface area contributed by atoms with Crippen molar-refractivity contribution in [1.82, 2.24) is 4.90 Å².